The van der Waals surface area contributed by atoms with Crippen molar-refractivity contribution in [1.29, 1.82) is 0 Å². The predicted molar refractivity (Wildman–Crippen MR) is 76.4 cm³/mol. The first kappa shape index (κ1) is 14.7. The van der Waals surface area contributed by atoms with Crippen LogP contribution in [-0.2, 0) is 11.3 Å². The van der Waals surface area contributed by atoms with Gasteiger partial charge in [-0.05, 0) is 31.2 Å². The molecule has 0 saturated carbocycles. The molecule has 0 atom stereocenters. The lowest BCUT2D eigenvalue weighted by Gasteiger charge is -2.07. The van der Waals surface area contributed by atoms with Gasteiger partial charge in [0.25, 0.3) is 0 Å². The first-order valence-electron chi connectivity index (χ1n) is 6.37. The van der Waals surface area contributed by atoms with E-state index in [2.05, 4.69) is 9.72 Å². The number of ether oxygens (including phenoxy) is 2. The molecule has 2 rings (SSSR count). The molecule has 5 nitrogen and oxygen atoms in total. The maximum Gasteiger partial charge on any atom is 0.339 e. The van der Waals surface area contributed by atoms with Gasteiger partial charge in [0.1, 0.15) is 12.4 Å². The number of pyridine rings is 1. The molecule has 5 heteroatoms. The number of methoxy groups -OCH3 is 1. The summed E-state index contributed by atoms with van der Waals surface area (Å²) in [6.45, 7) is 1.76. The summed E-state index contributed by atoms with van der Waals surface area (Å²) >= 11 is 0. The number of aromatic nitrogens is 1. The second kappa shape index (κ2) is 6.65. The first-order valence-corrected chi connectivity index (χ1v) is 6.37. The highest BCUT2D eigenvalue weighted by molar-refractivity contribution is 5.94. The molecule has 0 bridgehead atoms. The van der Waals surface area contributed by atoms with E-state index >= 15 is 0 Å². The van der Waals surface area contributed by atoms with Gasteiger partial charge in [0.05, 0.1) is 18.4 Å². The van der Waals surface area contributed by atoms with Crippen LogP contribution < -0.4 is 4.74 Å². The van der Waals surface area contributed by atoms with Crippen molar-refractivity contribution in [2.75, 3.05) is 7.11 Å². The number of hydrogen-bond acceptors (Lipinski definition) is 5. The molecule has 21 heavy (non-hydrogen) atoms. The first-order chi connectivity index (χ1) is 10.1. The van der Waals surface area contributed by atoms with Crippen molar-refractivity contribution in [3.05, 3.63) is 59.4 Å². The minimum atomic E-state index is -0.427. The Balaban J connectivity index is 2.01. The smallest absolute Gasteiger partial charge is 0.339 e. The van der Waals surface area contributed by atoms with Crippen molar-refractivity contribution in [2.45, 2.75) is 13.5 Å². The van der Waals surface area contributed by atoms with E-state index in [0.29, 0.717) is 22.6 Å². The molecule has 2 aromatic rings. The van der Waals surface area contributed by atoms with E-state index in [-0.39, 0.29) is 12.4 Å². The summed E-state index contributed by atoms with van der Waals surface area (Å²) in [6, 6.07) is 10.3. The van der Waals surface area contributed by atoms with E-state index in [9.17, 15) is 9.59 Å². The van der Waals surface area contributed by atoms with Crippen LogP contribution in [0.1, 0.15) is 33.3 Å². The summed E-state index contributed by atoms with van der Waals surface area (Å²) in [5.74, 6) is 0.159. The molecule has 0 aliphatic rings. The zero-order valence-corrected chi connectivity index (χ0v) is 11.8. The Morgan fingerprint density at radius 3 is 2.57 bits per heavy atom. The molecule has 0 radical (unpaired) electrons. The Morgan fingerprint density at radius 2 is 1.95 bits per heavy atom. The van der Waals surface area contributed by atoms with Crippen LogP contribution in [0.5, 0.6) is 5.75 Å². The van der Waals surface area contributed by atoms with Gasteiger partial charge in [0.15, 0.2) is 5.78 Å². The van der Waals surface area contributed by atoms with Crippen molar-refractivity contribution in [1.82, 2.24) is 4.98 Å². The molecule has 1 aromatic carbocycles. The van der Waals surface area contributed by atoms with E-state index in [0.717, 1.165) is 0 Å². The van der Waals surface area contributed by atoms with Gasteiger partial charge in [0.2, 0.25) is 0 Å². The molecule has 0 amide bonds. The zero-order valence-electron chi connectivity index (χ0n) is 11.8. The highest BCUT2D eigenvalue weighted by atomic mass is 16.5. The lowest BCUT2D eigenvalue weighted by Crippen LogP contribution is -2.04. The summed E-state index contributed by atoms with van der Waals surface area (Å²) in [7, 11) is 1.32. The maximum absolute atomic E-state index is 11.3. The summed E-state index contributed by atoms with van der Waals surface area (Å²) in [5.41, 5.74) is 1.66. The van der Waals surface area contributed by atoms with Crippen molar-refractivity contribution in [3.63, 3.8) is 0 Å². The van der Waals surface area contributed by atoms with Crippen LogP contribution in [0.3, 0.4) is 0 Å². The van der Waals surface area contributed by atoms with Crippen LogP contribution in [0, 0.1) is 0 Å². The number of Topliss-reactive ketones (excluding diaryl/α,β-unsaturated/α-hetero) is 1. The third-order valence-corrected chi connectivity index (χ3v) is 2.87. The largest absolute Gasteiger partial charge is 0.487 e. The molecule has 1 heterocycles. The predicted octanol–water partition coefficient (Wildman–Crippen LogP) is 2.65. The Bertz CT molecular complexity index is 650. The van der Waals surface area contributed by atoms with Crippen molar-refractivity contribution in [2.24, 2.45) is 0 Å². The number of benzene rings is 1. The van der Waals surface area contributed by atoms with E-state index in [1.807, 2.05) is 0 Å². The van der Waals surface area contributed by atoms with E-state index in [1.54, 1.807) is 36.4 Å². The van der Waals surface area contributed by atoms with Crippen molar-refractivity contribution >= 4 is 11.8 Å². The fourth-order valence-electron chi connectivity index (χ4n) is 1.71. The zero-order chi connectivity index (χ0) is 15.2. The Morgan fingerprint density at radius 1 is 1.14 bits per heavy atom. The number of rotatable bonds is 5. The molecular weight excluding hydrogens is 270 g/mol. The Kier molecular flexibility index (Phi) is 4.66. The van der Waals surface area contributed by atoms with Crippen LogP contribution in [0.2, 0.25) is 0 Å². The van der Waals surface area contributed by atoms with Crippen LogP contribution in [-0.4, -0.2) is 23.8 Å². The molecule has 0 N–H and O–H groups in total. The standard InChI is InChI=1S/C16H15NO4/c1-11(18)12-4-3-5-15(8-12)21-10-14-7-6-13(9-17-14)16(19)20-2/h3-9H,10H2,1-2H3. The van der Waals surface area contributed by atoms with E-state index in [1.165, 1.54) is 20.2 Å². The number of hydrogen-bond donors (Lipinski definition) is 0. The van der Waals surface area contributed by atoms with E-state index < -0.39 is 5.97 Å². The summed E-state index contributed by atoms with van der Waals surface area (Å²) in [6.07, 6.45) is 1.44. The van der Waals surface area contributed by atoms with Gasteiger partial charge in [-0.25, -0.2) is 4.79 Å². The number of ketones is 1. The highest BCUT2D eigenvalue weighted by Crippen LogP contribution is 2.15. The number of carbonyl (C=O) groups is 2. The molecule has 0 unspecified atom stereocenters. The molecule has 1 aromatic heterocycles. The normalized spacial score (nSPS) is 10.0. The average molecular weight is 285 g/mol. The third kappa shape index (κ3) is 3.89. The highest BCUT2D eigenvalue weighted by Gasteiger charge is 2.06. The van der Waals surface area contributed by atoms with Gasteiger partial charge in [-0.3, -0.25) is 9.78 Å². The van der Waals surface area contributed by atoms with Crippen molar-refractivity contribution < 1.29 is 19.1 Å². The average Bonchev–Trinajstić information content (AvgIpc) is 2.53. The third-order valence-electron chi connectivity index (χ3n) is 2.87. The van der Waals surface area contributed by atoms with Crippen LogP contribution in [0.25, 0.3) is 0 Å². The van der Waals surface area contributed by atoms with E-state index in [4.69, 9.17) is 4.74 Å². The van der Waals surface area contributed by atoms with Crippen LogP contribution in [0.4, 0.5) is 0 Å². The van der Waals surface area contributed by atoms with Gasteiger partial charge in [-0.2, -0.15) is 0 Å². The van der Waals surface area contributed by atoms with Gasteiger partial charge in [0, 0.05) is 11.8 Å². The molecule has 0 spiro atoms. The maximum atomic E-state index is 11.3. The summed E-state index contributed by atoms with van der Waals surface area (Å²) in [4.78, 5) is 26.7. The van der Waals surface area contributed by atoms with Gasteiger partial charge < -0.3 is 9.47 Å². The molecular formula is C16H15NO4. The number of esters is 1. The monoisotopic (exact) mass is 285 g/mol. The molecule has 0 aliphatic carbocycles. The molecule has 108 valence electrons. The van der Waals surface area contributed by atoms with Crippen LogP contribution in [0.15, 0.2) is 42.6 Å². The topological polar surface area (TPSA) is 65.5 Å². The fourth-order valence-corrected chi connectivity index (χ4v) is 1.71. The SMILES string of the molecule is COC(=O)c1ccc(COc2cccc(C(C)=O)c2)nc1. The van der Waals surface area contributed by atoms with Gasteiger partial charge in [-0.1, -0.05) is 12.1 Å². The summed E-state index contributed by atoms with van der Waals surface area (Å²) in [5, 5.41) is 0. The number of nitrogens with zero attached hydrogens (tertiary/aromatic N) is 1. The lowest BCUT2D eigenvalue weighted by molar-refractivity contribution is 0.0600. The molecule has 0 aliphatic heterocycles. The number of carbonyl (C=O) groups excluding carboxylic acids is 2. The minimum absolute atomic E-state index is 0.0130. The summed E-state index contributed by atoms with van der Waals surface area (Å²) < 4.78 is 10.2. The second-order valence-corrected chi connectivity index (χ2v) is 4.40. The van der Waals surface area contributed by atoms with Crippen LogP contribution >= 0.6 is 0 Å². The van der Waals surface area contributed by atoms with Crippen molar-refractivity contribution in [3.8, 4) is 5.75 Å². The fraction of sp³-hybridized carbons (Fsp3) is 0.188. The molecule has 0 saturated heterocycles. The second-order valence-electron chi connectivity index (χ2n) is 4.40. The lowest BCUT2D eigenvalue weighted by atomic mass is 10.1. The van der Waals surface area contributed by atoms with Gasteiger partial charge >= 0.3 is 5.97 Å². The quantitative estimate of drug-likeness (QED) is 0.624. The van der Waals surface area contributed by atoms with Gasteiger partial charge in [-0.15, -0.1) is 0 Å². The Hall–Kier alpha value is -2.69. The molecule has 0 fully saturated rings. The Labute approximate surface area is 122 Å². The minimum Gasteiger partial charge on any atom is -0.487 e.